The predicted octanol–water partition coefficient (Wildman–Crippen LogP) is 3.59. The van der Waals surface area contributed by atoms with Crippen LogP contribution in [0.25, 0.3) is 0 Å². The number of rotatable bonds is 4. The van der Waals surface area contributed by atoms with Crippen molar-refractivity contribution in [2.75, 3.05) is 16.8 Å². The molecule has 0 spiro atoms. The summed E-state index contributed by atoms with van der Waals surface area (Å²) in [5.74, 6) is -2.08. The molecule has 2 aromatic rings. The third-order valence-corrected chi connectivity index (χ3v) is 3.94. The number of nitrogens with two attached hydrogens (primary N) is 1. The highest BCUT2D eigenvalue weighted by atomic mass is 32.2. The Hall–Kier alpha value is -2.08. The SMILES string of the molecule is Cc1cccc(SCC(=O)Nc2c(F)cccc2F)c1N. The van der Waals surface area contributed by atoms with Crippen LogP contribution >= 0.6 is 11.8 Å². The van der Waals surface area contributed by atoms with Gasteiger partial charge < -0.3 is 11.1 Å². The van der Waals surface area contributed by atoms with Crippen LogP contribution in [0, 0.1) is 18.6 Å². The molecule has 0 aliphatic carbocycles. The second-order valence-corrected chi connectivity index (χ2v) is 5.44. The van der Waals surface area contributed by atoms with Gasteiger partial charge in [0.05, 0.1) is 5.75 Å². The number of benzene rings is 2. The van der Waals surface area contributed by atoms with E-state index in [-0.39, 0.29) is 5.75 Å². The van der Waals surface area contributed by atoms with Crippen molar-refractivity contribution in [2.24, 2.45) is 0 Å². The number of halogens is 2. The van der Waals surface area contributed by atoms with Gasteiger partial charge in [-0.2, -0.15) is 0 Å². The van der Waals surface area contributed by atoms with Crippen molar-refractivity contribution in [1.29, 1.82) is 0 Å². The van der Waals surface area contributed by atoms with Crippen LogP contribution in [0.2, 0.25) is 0 Å². The largest absolute Gasteiger partial charge is 0.398 e. The van der Waals surface area contributed by atoms with E-state index in [0.717, 1.165) is 22.6 Å². The highest BCUT2D eigenvalue weighted by molar-refractivity contribution is 8.00. The number of carbonyl (C=O) groups excluding carboxylic acids is 1. The molecule has 2 rings (SSSR count). The zero-order chi connectivity index (χ0) is 15.4. The first-order valence-electron chi connectivity index (χ1n) is 6.21. The Morgan fingerprint density at radius 3 is 2.48 bits per heavy atom. The van der Waals surface area contributed by atoms with Gasteiger partial charge in [0, 0.05) is 10.6 Å². The van der Waals surface area contributed by atoms with Crippen molar-refractivity contribution in [3.8, 4) is 0 Å². The molecule has 0 radical (unpaired) electrons. The number of nitrogen functional groups attached to an aromatic ring is 1. The Kier molecular flexibility index (Phi) is 4.80. The summed E-state index contributed by atoms with van der Waals surface area (Å²) in [5, 5.41) is 2.23. The predicted molar refractivity (Wildman–Crippen MR) is 81.3 cm³/mol. The van der Waals surface area contributed by atoms with E-state index in [0.29, 0.717) is 5.69 Å². The van der Waals surface area contributed by atoms with Crippen molar-refractivity contribution in [2.45, 2.75) is 11.8 Å². The number of anilines is 2. The summed E-state index contributed by atoms with van der Waals surface area (Å²) < 4.78 is 26.8. The molecule has 0 bridgehead atoms. The third-order valence-electron chi connectivity index (χ3n) is 2.87. The molecule has 3 nitrogen and oxygen atoms in total. The molecule has 0 saturated carbocycles. The first kappa shape index (κ1) is 15.3. The summed E-state index contributed by atoms with van der Waals surface area (Å²) in [7, 11) is 0. The number of amides is 1. The fourth-order valence-corrected chi connectivity index (χ4v) is 2.57. The lowest BCUT2D eigenvalue weighted by Crippen LogP contribution is -2.16. The Labute approximate surface area is 125 Å². The minimum atomic E-state index is -0.802. The molecule has 3 N–H and O–H groups in total. The molecule has 0 fully saturated rings. The van der Waals surface area contributed by atoms with Gasteiger partial charge in [-0.15, -0.1) is 11.8 Å². The van der Waals surface area contributed by atoms with Crippen molar-refractivity contribution >= 4 is 29.0 Å². The lowest BCUT2D eigenvalue weighted by molar-refractivity contribution is -0.113. The maximum atomic E-state index is 13.4. The fourth-order valence-electron chi connectivity index (χ4n) is 1.72. The van der Waals surface area contributed by atoms with Crippen LogP contribution in [0.4, 0.5) is 20.2 Å². The van der Waals surface area contributed by atoms with Crippen LogP contribution in [-0.2, 0) is 4.79 Å². The van der Waals surface area contributed by atoms with Crippen LogP contribution in [0.3, 0.4) is 0 Å². The number of hydrogen-bond donors (Lipinski definition) is 2. The van der Waals surface area contributed by atoms with Crippen molar-refractivity contribution in [3.63, 3.8) is 0 Å². The van der Waals surface area contributed by atoms with Gasteiger partial charge in [-0.05, 0) is 30.7 Å². The average Bonchev–Trinajstić information content (AvgIpc) is 2.45. The molecule has 0 aliphatic heterocycles. The summed E-state index contributed by atoms with van der Waals surface area (Å²) in [6, 6.07) is 8.91. The van der Waals surface area contributed by atoms with E-state index >= 15 is 0 Å². The van der Waals surface area contributed by atoms with Crippen LogP contribution in [0.1, 0.15) is 5.56 Å². The molecule has 21 heavy (non-hydrogen) atoms. The van der Waals surface area contributed by atoms with Gasteiger partial charge in [0.2, 0.25) is 5.91 Å². The van der Waals surface area contributed by atoms with Crippen LogP contribution < -0.4 is 11.1 Å². The summed E-state index contributed by atoms with van der Waals surface area (Å²) >= 11 is 1.22. The van der Waals surface area contributed by atoms with Gasteiger partial charge in [0.15, 0.2) is 0 Å². The molecular weight excluding hydrogens is 294 g/mol. The molecule has 0 aromatic heterocycles. The topological polar surface area (TPSA) is 55.1 Å². The second kappa shape index (κ2) is 6.58. The first-order chi connectivity index (χ1) is 9.99. The first-order valence-corrected chi connectivity index (χ1v) is 7.19. The molecule has 0 heterocycles. The van der Waals surface area contributed by atoms with E-state index in [4.69, 9.17) is 5.73 Å². The van der Waals surface area contributed by atoms with E-state index < -0.39 is 23.2 Å². The molecule has 6 heteroatoms. The summed E-state index contributed by atoms with van der Waals surface area (Å²) in [6.45, 7) is 1.87. The van der Waals surface area contributed by atoms with Crippen molar-refractivity contribution in [1.82, 2.24) is 0 Å². The zero-order valence-corrected chi connectivity index (χ0v) is 12.1. The number of nitrogens with one attached hydrogen (secondary N) is 1. The van der Waals surface area contributed by atoms with E-state index in [1.54, 1.807) is 6.07 Å². The lowest BCUT2D eigenvalue weighted by atomic mass is 10.2. The molecule has 110 valence electrons. The molecule has 0 aliphatic rings. The van der Waals surface area contributed by atoms with Gasteiger partial charge >= 0.3 is 0 Å². The minimum absolute atomic E-state index is 0.0153. The van der Waals surface area contributed by atoms with Crippen molar-refractivity contribution < 1.29 is 13.6 Å². The summed E-state index contributed by atoms with van der Waals surface area (Å²) in [6.07, 6.45) is 0. The van der Waals surface area contributed by atoms with Gasteiger partial charge in [-0.25, -0.2) is 8.78 Å². The number of aryl methyl sites for hydroxylation is 1. The quantitative estimate of drug-likeness (QED) is 0.670. The third kappa shape index (κ3) is 3.72. The average molecular weight is 308 g/mol. The number of carbonyl (C=O) groups is 1. The second-order valence-electron chi connectivity index (χ2n) is 4.42. The van der Waals surface area contributed by atoms with E-state index in [9.17, 15) is 13.6 Å². The molecule has 2 aromatic carbocycles. The van der Waals surface area contributed by atoms with Gasteiger partial charge in [-0.3, -0.25) is 4.79 Å². The van der Waals surface area contributed by atoms with Gasteiger partial charge in [0.25, 0.3) is 0 Å². The minimum Gasteiger partial charge on any atom is -0.398 e. The Bertz CT molecular complexity index is 656. The maximum absolute atomic E-state index is 13.4. The lowest BCUT2D eigenvalue weighted by Gasteiger charge is -2.09. The monoisotopic (exact) mass is 308 g/mol. The summed E-state index contributed by atoms with van der Waals surface area (Å²) in [4.78, 5) is 12.5. The van der Waals surface area contributed by atoms with E-state index in [1.807, 2.05) is 19.1 Å². The van der Waals surface area contributed by atoms with E-state index in [2.05, 4.69) is 5.32 Å². The maximum Gasteiger partial charge on any atom is 0.234 e. The molecule has 0 atom stereocenters. The van der Waals surface area contributed by atoms with Gasteiger partial charge in [0.1, 0.15) is 17.3 Å². The molecule has 1 amide bonds. The Morgan fingerprint density at radius 1 is 1.19 bits per heavy atom. The molecule has 0 unspecified atom stereocenters. The highest BCUT2D eigenvalue weighted by Gasteiger charge is 2.12. The fraction of sp³-hybridized carbons (Fsp3) is 0.133. The van der Waals surface area contributed by atoms with Crippen LogP contribution in [-0.4, -0.2) is 11.7 Å². The normalized spacial score (nSPS) is 10.4. The van der Waals surface area contributed by atoms with Crippen LogP contribution in [0.15, 0.2) is 41.3 Å². The van der Waals surface area contributed by atoms with E-state index in [1.165, 1.54) is 17.8 Å². The Balaban J connectivity index is 2.01. The standard InChI is InChI=1S/C15H14F2N2OS/c1-9-4-2-7-12(14(9)18)21-8-13(20)19-15-10(16)5-3-6-11(15)17/h2-7H,8,18H2,1H3,(H,19,20). The number of thioether (sulfide) groups is 1. The highest BCUT2D eigenvalue weighted by Crippen LogP contribution is 2.27. The summed E-state index contributed by atoms with van der Waals surface area (Å²) in [5.41, 5.74) is 6.99. The number of hydrogen-bond acceptors (Lipinski definition) is 3. The van der Waals surface area contributed by atoms with Gasteiger partial charge in [-0.1, -0.05) is 18.2 Å². The van der Waals surface area contributed by atoms with Crippen LogP contribution in [0.5, 0.6) is 0 Å². The Morgan fingerprint density at radius 2 is 1.81 bits per heavy atom. The number of para-hydroxylation sites is 2. The molecule has 0 saturated heterocycles. The van der Waals surface area contributed by atoms with Crippen molar-refractivity contribution in [3.05, 3.63) is 53.6 Å². The zero-order valence-electron chi connectivity index (χ0n) is 11.3. The molecular formula is C15H14F2N2OS. The smallest absolute Gasteiger partial charge is 0.234 e.